The van der Waals surface area contributed by atoms with E-state index in [1.165, 1.54) is 11.3 Å². The minimum Gasteiger partial charge on any atom is -0.505 e. The first kappa shape index (κ1) is 24.0. The topological polar surface area (TPSA) is 55.1 Å². The molecule has 6 heteroatoms. The van der Waals surface area contributed by atoms with E-state index in [1.807, 2.05) is 52.0 Å². The number of hydrogen-bond acceptors (Lipinski definition) is 4. The van der Waals surface area contributed by atoms with E-state index in [4.69, 9.17) is 0 Å². The van der Waals surface area contributed by atoms with E-state index in [1.54, 1.807) is 4.57 Å². The molecule has 1 fully saturated rings. The molecule has 0 aliphatic heterocycles. The largest absolute Gasteiger partial charge is 0.505 e. The van der Waals surface area contributed by atoms with Gasteiger partial charge in [-0.15, -0.1) is 11.3 Å². The fraction of sp³-hybridized carbons (Fsp3) is 0.381. The molecule has 1 radical (unpaired) electrons. The first-order valence-electron chi connectivity index (χ1n) is 8.94. The van der Waals surface area contributed by atoms with E-state index < -0.39 is 0 Å². The summed E-state index contributed by atoms with van der Waals surface area (Å²) in [6.07, 6.45) is 2.31. The maximum absolute atomic E-state index is 12.9. The second-order valence-corrected chi connectivity index (χ2v) is 7.10. The van der Waals surface area contributed by atoms with Crippen molar-refractivity contribution in [3.8, 4) is 16.9 Å². The van der Waals surface area contributed by atoms with Crippen molar-refractivity contribution in [3.05, 3.63) is 52.6 Å². The van der Waals surface area contributed by atoms with Gasteiger partial charge < -0.3 is 12.5 Å². The molecule has 0 amide bonds. The number of fused-ring (bicyclic) bond motifs is 1. The molecule has 3 aromatic rings. The summed E-state index contributed by atoms with van der Waals surface area (Å²) in [4.78, 5) is 17.6. The van der Waals surface area contributed by atoms with E-state index in [-0.39, 0.29) is 51.4 Å². The standard InChI is InChI=1S/C18H18N2O2S.C2H6.CH3.Y/c1-3-20-16-15(23-17(19-16)11-8-9-11)14(21)13(18(20)22)12-7-5-4-6-10(12)2;1-2;;/h4-7,11,21H,3,8-9H2,1-2H3;1-2H3;1H3;/q;;-1;. The molecule has 0 spiro atoms. The summed E-state index contributed by atoms with van der Waals surface area (Å²) >= 11 is 1.53. The van der Waals surface area contributed by atoms with Crippen molar-refractivity contribution in [1.29, 1.82) is 0 Å². The predicted molar refractivity (Wildman–Crippen MR) is 111 cm³/mol. The van der Waals surface area contributed by atoms with Crippen LogP contribution in [0.1, 0.15) is 50.1 Å². The summed E-state index contributed by atoms with van der Waals surface area (Å²) in [5.74, 6) is 0.586. The van der Waals surface area contributed by atoms with Gasteiger partial charge in [0.05, 0.1) is 10.6 Å². The van der Waals surface area contributed by atoms with Crippen molar-refractivity contribution in [2.75, 3.05) is 0 Å². The average Bonchev–Trinajstić information content (AvgIpc) is 3.38. The van der Waals surface area contributed by atoms with Crippen molar-refractivity contribution < 1.29 is 37.8 Å². The van der Waals surface area contributed by atoms with E-state index in [9.17, 15) is 9.90 Å². The molecule has 1 aliphatic rings. The Hall–Kier alpha value is -1.04. The molecule has 27 heavy (non-hydrogen) atoms. The van der Waals surface area contributed by atoms with Gasteiger partial charge in [0, 0.05) is 45.2 Å². The van der Waals surface area contributed by atoms with Crippen LogP contribution in [-0.2, 0) is 39.3 Å². The Morgan fingerprint density at radius 3 is 2.44 bits per heavy atom. The van der Waals surface area contributed by atoms with Gasteiger partial charge in [-0.3, -0.25) is 9.36 Å². The van der Waals surface area contributed by atoms with E-state index in [2.05, 4.69) is 4.98 Å². The molecule has 2 aromatic heterocycles. The second-order valence-electron chi connectivity index (χ2n) is 6.07. The van der Waals surface area contributed by atoms with Crippen LogP contribution in [0.4, 0.5) is 0 Å². The van der Waals surface area contributed by atoms with Crippen molar-refractivity contribution in [2.24, 2.45) is 0 Å². The Bertz CT molecular complexity index is 974. The zero-order valence-corrected chi connectivity index (χ0v) is 20.4. The Kier molecular flexibility index (Phi) is 8.84. The molecule has 143 valence electrons. The normalized spacial score (nSPS) is 12.6. The fourth-order valence-electron chi connectivity index (χ4n) is 3.01. The van der Waals surface area contributed by atoms with Crippen LogP contribution in [0.25, 0.3) is 21.5 Å². The fourth-order valence-corrected chi connectivity index (χ4v) is 4.20. The van der Waals surface area contributed by atoms with Gasteiger partial charge in [-0.05, 0) is 37.8 Å². The zero-order chi connectivity index (χ0) is 18.1. The maximum Gasteiger partial charge on any atom is 0.263 e. The molecule has 0 bridgehead atoms. The molecule has 4 nitrogen and oxygen atoms in total. The first-order valence-corrected chi connectivity index (χ1v) is 9.75. The Morgan fingerprint density at radius 1 is 1.26 bits per heavy atom. The number of aryl methyl sites for hydroxylation is 2. The third-order valence-electron chi connectivity index (χ3n) is 4.45. The summed E-state index contributed by atoms with van der Waals surface area (Å²) in [6, 6.07) is 7.67. The first-order chi connectivity index (χ1) is 12.1. The van der Waals surface area contributed by atoms with E-state index >= 15 is 0 Å². The zero-order valence-electron chi connectivity index (χ0n) is 16.7. The smallest absolute Gasteiger partial charge is 0.263 e. The molecule has 2 heterocycles. The molecule has 1 saturated carbocycles. The molecule has 1 aromatic carbocycles. The van der Waals surface area contributed by atoms with Crippen LogP contribution in [0.2, 0.25) is 0 Å². The van der Waals surface area contributed by atoms with Gasteiger partial charge in [0.2, 0.25) is 0 Å². The third-order valence-corrected chi connectivity index (χ3v) is 5.66. The summed E-state index contributed by atoms with van der Waals surface area (Å²) in [5, 5.41) is 11.8. The van der Waals surface area contributed by atoms with Crippen LogP contribution in [0.3, 0.4) is 0 Å². The molecule has 0 unspecified atom stereocenters. The van der Waals surface area contributed by atoms with Crippen LogP contribution in [0.5, 0.6) is 5.75 Å². The quantitative estimate of drug-likeness (QED) is 0.525. The van der Waals surface area contributed by atoms with Gasteiger partial charge in [-0.25, -0.2) is 4.98 Å². The molecule has 0 saturated heterocycles. The molecular weight excluding hydrogens is 433 g/mol. The number of rotatable bonds is 3. The van der Waals surface area contributed by atoms with Crippen molar-refractivity contribution in [3.63, 3.8) is 0 Å². The van der Waals surface area contributed by atoms with Crippen LogP contribution in [0.15, 0.2) is 29.1 Å². The summed E-state index contributed by atoms with van der Waals surface area (Å²) in [7, 11) is 0. The van der Waals surface area contributed by atoms with E-state index in [0.717, 1.165) is 33.7 Å². The summed E-state index contributed by atoms with van der Waals surface area (Å²) < 4.78 is 2.41. The number of pyridine rings is 1. The van der Waals surface area contributed by atoms with Gasteiger partial charge in [-0.2, -0.15) is 0 Å². The minimum absolute atomic E-state index is 0. The van der Waals surface area contributed by atoms with Crippen molar-refractivity contribution in [1.82, 2.24) is 9.55 Å². The molecular formula is C21H27N2O2SY-. The van der Waals surface area contributed by atoms with Crippen molar-refractivity contribution in [2.45, 2.75) is 53.0 Å². The molecule has 4 rings (SSSR count). The molecule has 1 N–H and O–H groups in total. The van der Waals surface area contributed by atoms with Gasteiger partial charge in [0.1, 0.15) is 10.4 Å². The Labute approximate surface area is 190 Å². The third kappa shape index (κ3) is 4.36. The van der Waals surface area contributed by atoms with Crippen LogP contribution < -0.4 is 5.56 Å². The van der Waals surface area contributed by atoms with Gasteiger partial charge in [0.25, 0.3) is 5.56 Å². The number of hydrogen-bond donors (Lipinski definition) is 1. The summed E-state index contributed by atoms with van der Waals surface area (Å²) in [5.41, 5.74) is 2.62. The number of aromatic nitrogens is 2. The number of aromatic hydroxyl groups is 1. The Balaban J connectivity index is 0.000000883. The second kappa shape index (κ2) is 9.95. The van der Waals surface area contributed by atoms with Crippen molar-refractivity contribution >= 4 is 21.7 Å². The van der Waals surface area contributed by atoms with Crippen LogP contribution >= 0.6 is 11.3 Å². The van der Waals surface area contributed by atoms with Crippen LogP contribution in [0, 0.1) is 14.4 Å². The number of thiazole rings is 1. The SMILES string of the molecule is CC.CCn1c(=O)c(-c2ccccc2C)c(O)c2sc(C3CC3)nc21.[CH3-].[Y]. The minimum atomic E-state index is -0.167. The predicted octanol–water partition coefficient (Wildman–Crippen LogP) is 5.51. The Morgan fingerprint density at radius 2 is 1.89 bits per heavy atom. The molecule has 0 atom stereocenters. The number of benzene rings is 1. The number of nitrogens with zero attached hydrogens (tertiary/aromatic N) is 2. The maximum atomic E-state index is 12.9. The van der Waals surface area contributed by atoms with Crippen LogP contribution in [-0.4, -0.2) is 14.7 Å². The van der Waals surface area contributed by atoms with Gasteiger partial charge >= 0.3 is 0 Å². The molecule has 1 aliphatic carbocycles. The van der Waals surface area contributed by atoms with Gasteiger partial charge in [0.15, 0.2) is 5.65 Å². The van der Waals surface area contributed by atoms with E-state index in [0.29, 0.717) is 23.7 Å². The monoisotopic (exact) mass is 460 g/mol. The average molecular weight is 460 g/mol. The summed E-state index contributed by atoms with van der Waals surface area (Å²) in [6.45, 7) is 8.44. The van der Waals surface area contributed by atoms with Gasteiger partial charge in [-0.1, -0.05) is 38.1 Å².